The summed E-state index contributed by atoms with van der Waals surface area (Å²) < 4.78 is 0. The Labute approximate surface area is 142 Å². The van der Waals surface area contributed by atoms with E-state index in [4.69, 9.17) is 0 Å². The Kier molecular flexibility index (Phi) is 6.07. The summed E-state index contributed by atoms with van der Waals surface area (Å²) in [5.41, 5.74) is 1.39. The van der Waals surface area contributed by atoms with Crippen LogP contribution in [0.5, 0.6) is 0 Å². The molecule has 0 bridgehead atoms. The summed E-state index contributed by atoms with van der Waals surface area (Å²) in [5.74, 6) is -0.365. The van der Waals surface area contributed by atoms with Gasteiger partial charge in [-0.15, -0.1) is 0 Å². The number of carbonyl (C=O) groups excluding carboxylic acids is 2. The van der Waals surface area contributed by atoms with Crippen LogP contribution < -0.4 is 4.90 Å². The fourth-order valence-electron chi connectivity index (χ4n) is 2.54. The number of nitrogens with zero attached hydrogens (tertiary/aromatic N) is 3. The molecule has 0 saturated carbocycles. The van der Waals surface area contributed by atoms with Gasteiger partial charge < -0.3 is 9.80 Å². The molecular weight excluding hydrogens is 302 g/mol. The third-order valence-corrected chi connectivity index (χ3v) is 3.87. The Morgan fingerprint density at radius 1 is 0.792 bits per heavy atom. The van der Waals surface area contributed by atoms with Crippen molar-refractivity contribution in [2.75, 3.05) is 24.5 Å². The summed E-state index contributed by atoms with van der Waals surface area (Å²) in [6, 6.07) is 14.4. The van der Waals surface area contributed by atoms with Crippen molar-refractivity contribution in [1.29, 1.82) is 0 Å². The lowest BCUT2D eigenvalue weighted by Crippen LogP contribution is -2.33. The van der Waals surface area contributed by atoms with E-state index in [1.807, 2.05) is 51.1 Å². The Morgan fingerprint density at radius 2 is 1.38 bits per heavy atom. The van der Waals surface area contributed by atoms with Gasteiger partial charge >= 0.3 is 0 Å². The summed E-state index contributed by atoms with van der Waals surface area (Å²) in [4.78, 5) is 32.9. The van der Waals surface area contributed by atoms with E-state index in [1.165, 1.54) is 0 Å². The zero-order valence-corrected chi connectivity index (χ0v) is 14.4. The van der Waals surface area contributed by atoms with Crippen LogP contribution in [0.1, 0.15) is 41.7 Å². The maximum atomic E-state index is 12.8. The number of para-hydroxylation sites is 1. The minimum Gasteiger partial charge on any atom is -0.338 e. The molecule has 0 N–H and O–H groups in total. The topological polar surface area (TPSA) is 53.5 Å². The van der Waals surface area contributed by atoms with Gasteiger partial charge in [-0.25, -0.2) is 4.98 Å². The lowest BCUT2D eigenvalue weighted by atomic mass is 10.2. The molecule has 0 atom stereocenters. The van der Waals surface area contributed by atoms with E-state index >= 15 is 0 Å². The van der Waals surface area contributed by atoms with Gasteiger partial charge in [0.05, 0.1) is 0 Å². The van der Waals surface area contributed by atoms with Crippen LogP contribution in [0.15, 0.2) is 48.5 Å². The molecule has 0 aliphatic carbocycles. The average molecular weight is 325 g/mol. The van der Waals surface area contributed by atoms with Gasteiger partial charge in [0.15, 0.2) is 0 Å². The van der Waals surface area contributed by atoms with E-state index < -0.39 is 0 Å². The zero-order valence-electron chi connectivity index (χ0n) is 14.4. The summed E-state index contributed by atoms with van der Waals surface area (Å²) >= 11 is 0. The van der Waals surface area contributed by atoms with Crippen molar-refractivity contribution >= 4 is 17.5 Å². The number of anilines is 1. The molecule has 0 fully saturated rings. The maximum Gasteiger partial charge on any atom is 0.276 e. The number of pyridine rings is 1. The molecule has 24 heavy (non-hydrogen) atoms. The molecule has 5 nitrogen and oxygen atoms in total. The molecule has 1 aromatic heterocycles. The first-order valence-electron chi connectivity index (χ1n) is 8.25. The van der Waals surface area contributed by atoms with Crippen LogP contribution in [0.3, 0.4) is 0 Å². The van der Waals surface area contributed by atoms with E-state index in [-0.39, 0.29) is 17.5 Å². The van der Waals surface area contributed by atoms with Crippen molar-refractivity contribution in [2.24, 2.45) is 0 Å². The first-order chi connectivity index (χ1) is 11.6. The number of amides is 2. The van der Waals surface area contributed by atoms with Crippen molar-refractivity contribution in [2.45, 2.75) is 20.8 Å². The number of hydrogen-bond donors (Lipinski definition) is 0. The molecule has 0 saturated heterocycles. The molecule has 2 amide bonds. The van der Waals surface area contributed by atoms with Crippen molar-refractivity contribution in [3.05, 3.63) is 59.9 Å². The number of rotatable bonds is 6. The number of aromatic nitrogens is 1. The van der Waals surface area contributed by atoms with E-state index in [0.717, 1.165) is 5.69 Å². The van der Waals surface area contributed by atoms with E-state index in [2.05, 4.69) is 4.98 Å². The monoisotopic (exact) mass is 325 g/mol. The van der Waals surface area contributed by atoms with Gasteiger partial charge in [0.1, 0.15) is 11.4 Å². The van der Waals surface area contributed by atoms with E-state index in [9.17, 15) is 9.59 Å². The molecular formula is C19H23N3O2. The Hall–Kier alpha value is -2.69. The van der Waals surface area contributed by atoms with Crippen LogP contribution in [0.4, 0.5) is 5.69 Å². The number of benzene rings is 1. The van der Waals surface area contributed by atoms with Crippen LogP contribution in [-0.2, 0) is 0 Å². The van der Waals surface area contributed by atoms with Gasteiger partial charge in [-0.1, -0.05) is 24.3 Å². The highest BCUT2D eigenvalue weighted by Gasteiger charge is 2.20. The van der Waals surface area contributed by atoms with Crippen LogP contribution in [0.25, 0.3) is 0 Å². The fraction of sp³-hybridized carbons (Fsp3) is 0.316. The SMILES string of the molecule is CCN(CC)C(=O)c1cccc(C(=O)N(CC)c2ccccc2)n1. The van der Waals surface area contributed by atoms with Gasteiger partial charge in [0, 0.05) is 25.3 Å². The maximum absolute atomic E-state index is 12.8. The normalized spacial score (nSPS) is 10.3. The van der Waals surface area contributed by atoms with Crippen molar-refractivity contribution in [3.8, 4) is 0 Å². The highest BCUT2D eigenvalue weighted by Crippen LogP contribution is 2.16. The lowest BCUT2D eigenvalue weighted by molar-refractivity contribution is 0.0767. The minimum absolute atomic E-state index is 0.155. The number of hydrogen-bond acceptors (Lipinski definition) is 3. The van der Waals surface area contributed by atoms with Crippen molar-refractivity contribution in [1.82, 2.24) is 9.88 Å². The fourth-order valence-corrected chi connectivity index (χ4v) is 2.54. The smallest absolute Gasteiger partial charge is 0.276 e. The summed E-state index contributed by atoms with van der Waals surface area (Å²) in [7, 11) is 0. The van der Waals surface area contributed by atoms with Crippen molar-refractivity contribution in [3.63, 3.8) is 0 Å². The van der Waals surface area contributed by atoms with Gasteiger partial charge in [-0.05, 0) is 45.0 Å². The van der Waals surface area contributed by atoms with Crippen LogP contribution in [0, 0.1) is 0 Å². The summed E-state index contributed by atoms with van der Waals surface area (Å²) in [6.07, 6.45) is 0. The molecule has 2 aromatic rings. The predicted octanol–water partition coefficient (Wildman–Crippen LogP) is 3.23. The summed E-state index contributed by atoms with van der Waals surface area (Å²) in [5, 5.41) is 0. The molecule has 0 unspecified atom stereocenters. The Morgan fingerprint density at radius 3 is 1.92 bits per heavy atom. The zero-order chi connectivity index (χ0) is 17.5. The standard InChI is InChI=1S/C19H23N3O2/c1-4-21(5-2)18(23)16-13-10-14-17(20-16)19(24)22(6-3)15-11-8-7-9-12-15/h7-14H,4-6H2,1-3H3. The third-order valence-electron chi connectivity index (χ3n) is 3.87. The molecule has 0 spiro atoms. The summed E-state index contributed by atoms with van der Waals surface area (Å²) in [6.45, 7) is 7.50. The quantitative estimate of drug-likeness (QED) is 0.819. The predicted molar refractivity (Wildman–Crippen MR) is 95.3 cm³/mol. The average Bonchev–Trinajstić information content (AvgIpc) is 2.64. The first kappa shape index (κ1) is 17.7. The van der Waals surface area contributed by atoms with Gasteiger partial charge in [0.2, 0.25) is 0 Å². The Bertz CT molecular complexity index is 697. The molecule has 126 valence electrons. The van der Waals surface area contributed by atoms with E-state index in [1.54, 1.807) is 28.0 Å². The number of carbonyl (C=O) groups is 2. The molecule has 1 heterocycles. The lowest BCUT2D eigenvalue weighted by Gasteiger charge is -2.21. The highest BCUT2D eigenvalue weighted by molar-refractivity contribution is 6.05. The first-order valence-corrected chi connectivity index (χ1v) is 8.25. The van der Waals surface area contributed by atoms with Crippen LogP contribution >= 0.6 is 0 Å². The second-order valence-electron chi connectivity index (χ2n) is 5.27. The second kappa shape index (κ2) is 8.24. The highest BCUT2D eigenvalue weighted by atomic mass is 16.2. The Balaban J connectivity index is 2.30. The minimum atomic E-state index is -0.210. The molecule has 1 aromatic carbocycles. The van der Waals surface area contributed by atoms with Gasteiger partial charge in [0.25, 0.3) is 11.8 Å². The molecule has 0 radical (unpaired) electrons. The second-order valence-corrected chi connectivity index (χ2v) is 5.27. The van der Waals surface area contributed by atoms with Crippen molar-refractivity contribution < 1.29 is 9.59 Å². The molecule has 0 aliphatic rings. The van der Waals surface area contributed by atoms with Gasteiger partial charge in [-0.2, -0.15) is 0 Å². The molecule has 5 heteroatoms. The van der Waals surface area contributed by atoms with Crippen LogP contribution in [-0.4, -0.2) is 41.3 Å². The third kappa shape index (κ3) is 3.79. The largest absolute Gasteiger partial charge is 0.338 e. The molecule has 0 aliphatic heterocycles. The molecule has 2 rings (SSSR count). The van der Waals surface area contributed by atoms with E-state index in [0.29, 0.717) is 25.3 Å². The van der Waals surface area contributed by atoms with Crippen LogP contribution in [0.2, 0.25) is 0 Å². The van der Waals surface area contributed by atoms with Gasteiger partial charge in [-0.3, -0.25) is 9.59 Å².